The van der Waals surface area contributed by atoms with E-state index in [4.69, 9.17) is 0 Å². The van der Waals surface area contributed by atoms with Crippen molar-refractivity contribution in [1.82, 2.24) is 15.0 Å². The number of para-hydroxylation sites is 1. The average Bonchev–Trinajstić information content (AvgIpc) is 1.74. The minimum atomic E-state index is -5.17. The Morgan fingerprint density at radius 2 is 0.788 bits per heavy atom. The van der Waals surface area contributed by atoms with Gasteiger partial charge >= 0.3 is 11.9 Å². The third kappa shape index (κ3) is 16.3. The van der Waals surface area contributed by atoms with E-state index in [0.29, 0.717) is 16.8 Å². The van der Waals surface area contributed by atoms with Crippen LogP contribution in [0, 0.1) is 0 Å². The van der Waals surface area contributed by atoms with Crippen molar-refractivity contribution in [1.29, 1.82) is 0 Å². The molecule has 0 saturated heterocycles. The maximum atomic E-state index is 13.6. The third-order valence-electron chi connectivity index (χ3n) is 14.0. The standard InChI is InChI=1S/C59H46N14O21S5/c1-31-51(68-66-45-11-7-6-10-43(45)55(76)77)53(74)72(70-31)40-22-18-35(49(28-40)98(89,90)91)14-12-33-16-20-38(26-47(33)96(83,84)85)61-58-63-57(60-37-8-4-3-5-9-37)64-59(65-58)62-39-21-17-34(48(27-39)97(86,87)88)13-15-36-19-23-41(29-50(36)99(92,93)94)73-54(75)52(32(2)71-73)69-67-46-25-24-42(95(80,81)82)30-44(46)56(78)79/h3-30,51-52H,1-2H3,(H,76,77)(H,78,79)(H,80,81,82)(H,83,84,85)(H,86,87,88)(H,89,90,91)(H,92,93,94)(H3,60,61,62,63,64,65)/b14-12+,15-13+,68-66?,69-67?. The highest BCUT2D eigenvalue weighted by molar-refractivity contribution is 7.87. The van der Waals surface area contributed by atoms with Gasteiger partial charge in [-0.2, -0.15) is 82.8 Å². The van der Waals surface area contributed by atoms with Crippen LogP contribution in [0.5, 0.6) is 0 Å². The van der Waals surface area contributed by atoms with Gasteiger partial charge in [0.2, 0.25) is 16.9 Å². The van der Waals surface area contributed by atoms with Gasteiger partial charge in [0.1, 0.15) is 19.6 Å². The fourth-order valence-corrected chi connectivity index (χ4v) is 12.8. The molecule has 2 atom stereocenters. The summed E-state index contributed by atoms with van der Waals surface area (Å²) in [5.41, 5.74) is -3.29. The first-order valence-electron chi connectivity index (χ1n) is 27.7. The van der Waals surface area contributed by atoms with Gasteiger partial charge in [-0.15, -0.1) is 0 Å². The lowest BCUT2D eigenvalue weighted by molar-refractivity contribution is -0.118. The van der Waals surface area contributed by atoms with Crippen LogP contribution in [0.25, 0.3) is 24.3 Å². The number of benzene rings is 7. The normalized spacial score (nSPS) is 16.3. The van der Waals surface area contributed by atoms with E-state index in [1.807, 2.05) is 0 Å². The number of nitrogens with one attached hydrogen (secondary N) is 3. The number of aromatic nitrogens is 3. The van der Waals surface area contributed by atoms with Crippen LogP contribution in [-0.2, 0) is 60.2 Å². The Bertz CT molecular complexity index is 5790. The zero-order valence-corrected chi connectivity index (χ0v) is 54.2. The average molecular weight is 1450 g/mol. The number of rotatable bonds is 20. The fraction of sp³-hybridized carbons (Fsp3) is 0.0678. The number of azo groups is 2. The second kappa shape index (κ2) is 27.5. The molecule has 7 aromatic carbocycles. The number of carboxylic acid groups (broad SMARTS) is 2. The summed E-state index contributed by atoms with van der Waals surface area (Å²) in [4.78, 5) is 68.6. The summed E-state index contributed by atoms with van der Waals surface area (Å²) in [6.07, 6.45) is 4.27. The van der Waals surface area contributed by atoms with Crippen molar-refractivity contribution < 1.29 is 94.2 Å². The molecule has 3 heterocycles. The number of hydrogen-bond acceptors (Lipinski definition) is 23. The van der Waals surface area contributed by atoms with Crippen LogP contribution in [0.2, 0.25) is 0 Å². The number of aromatic amines is 3. The van der Waals surface area contributed by atoms with Gasteiger partial charge in [-0.3, -0.25) is 47.3 Å². The molecule has 99 heavy (non-hydrogen) atoms. The largest absolute Gasteiger partial charge is 0.478 e. The van der Waals surface area contributed by atoms with E-state index >= 15 is 0 Å². The Balaban J connectivity index is 0.939. The molecule has 0 bridgehead atoms. The number of anilines is 2. The molecule has 40 heteroatoms. The van der Waals surface area contributed by atoms with Crippen LogP contribution < -0.4 is 26.9 Å². The van der Waals surface area contributed by atoms with E-state index in [0.717, 1.165) is 83.9 Å². The molecule has 0 radical (unpaired) electrons. The number of carboxylic acids is 2. The summed E-state index contributed by atoms with van der Waals surface area (Å²) < 4.78 is 178. The Labute approximate surface area is 557 Å². The predicted octanol–water partition coefficient (Wildman–Crippen LogP) is 7.09. The number of amides is 2. The lowest BCUT2D eigenvalue weighted by atomic mass is 10.1. The zero-order valence-electron chi connectivity index (χ0n) is 50.1. The van der Waals surface area contributed by atoms with Crippen molar-refractivity contribution in [3.05, 3.63) is 196 Å². The van der Waals surface area contributed by atoms with Gasteiger partial charge < -0.3 is 10.2 Å². The van der Waals surface area contributed by atoms with Gasteiger partial charge in [0.25, 0.3) is 62.4 Å². The first-order chi connectivity index (χ1) is 46.5. The number of H-pyrrole nitrogens is 3. The number of hydrogen-bond donors (Lipinski definition) is 10. The van der Waals surface area contributed by atoms with Crippen LogP contribution in [0.4, 0.5) is 39.8 Å². The highest BCUT2D eigenvalue weighted by Gasteiger charge is 2.37. The summed E-state index contributed by atoms with van der Waals surface area (Å²) in [6.45, 7) is 2.75. The third-order valence-corrected chi connectivity index (χ3v) is 18.5. The van der Waals surface area contributed by atoms with Gasteiger partial charge in [-0.25, -0.2) is 24.6 Å². The summed E-state index contributed by atoms with van der Waals surface area (Å²) in [7, 11) is -25.4. The van der Waals surface area contributed by atoms with Crippen molar-refractivity contribution in [2.45, 2.75) is 50.4 Å². The molecule has 2 aliphatic heterocycles. The van der Waals surface area contributed by atoms with Crippen LogP contribution in [0.15, 0.2) is 216 Å². The molecule has 0 saturated carbocycles. The molecule has 0 aliphatic carbocycles. The van der Waals surface area contributed by atoms with Crippen LogP contribution in [-0.4, -0.2) is 137 Å². The van der Waals surface area contributed by atoms with Gasteiger partial charge in [0.15, 0.2) is 12.1 Å². The quantitative estimate of drug-likeness (QED) is 0.0207. The van der Waals surface area contributed by atoms with E-state index in [1.165, 1.54) is 68.4 Å². The molecule has 1 aromatic heterocycles. The fourth-order valence-electron chi connectivity index (χ4n) is 9.45. The molecule has 0 spiro atoms. The molecular weight excluding hydrogens is 1400 g/mol. The minimum absolute atomic E-state index is 0.0344. The molecule has 508 valence electrons. The number of carbonyl (C=O) groups excluding carboxylic acids is 2. The van der Waals surface area contributed by atoms with Crippen molar-refractivity contribution in [2.75, 3.05) is 10.0 Å². The van der Waals surface area contributed by atoms with E-state index in [9.17, 15) is 94.2 Å². The summed E-state index contributed by atoms with van der Waals surface area (Å²) >= 11 is 0. The van der Waals surface area contributed by atoms with Crippen molar-refractivity contribution in [3.63, 3.8) is 0 Å². The monoisotopic (exact) mass is 1450 g/mol. The number of aromatic carboxylic acids is 2. The summed E-state index contributed by atoms with van der Waals surface area (Å²) in [5, 5.41) is 44.5. The van der Waals surface area contributed by atoms with Gasteiger partial charge in [-0.1, -0.05) is 78.9 Å². The van der Waals surface area contributed by atoms with Crippen molar-refractivity contribution in [3.8, 4) is 0 Å². The molecule has 10 rings (SSSR count). The Morgan fingerprint density at radius 3 is 1.18 bits per heavy atom. The molecule has 2 unspecified atom stereocenters. The molecule has 8 aromatic rings. The first-order valence-corrected chi connectivity index (χ1v) is 34.9. The van der Waals surface area contributed by atoms with E-state index in [-0.39, 0.29) is 84.5 Å². The zero-order chi connectivity index (χ0) is 71.7. The summed E-state index contributed by atoms with van der Waals surface area (Å²) in [5.74, 6) is -4.72. The van der Waals surface area contributed by atoms with Gasteiger partial charge in [-0.05, 0) is 127 Å². The maximum Gasteiger partial charge on any atom is 0.338 e. The number of carbonyl (C=O) groups is 4. The lowest BCUT2D eigenvalue weighted by Crippen LogP contribution is -2.36. The van der Waals surface area contributed by atoms with Gasteiger partial charge in [0.05, 0.1) is 67.3 Å². The second-order valence-corrected chi connectivity index (χ2v) is 27.8. The second-order valence-electron chi connectivity index (χ2n) is 20.8. The topological polar surface area (TPSA) is 546 Å². The molecule has 10 N–H and O–H groups in total. The van der Waals surface area contributed by atoms with Crippen LogP contribution in [0.1, 0.15) is 56.8 Å². The number of nitrogens with zero attached hydrogens (tertiary/aromatic N) is 11. The lowest BCUT2D eigenvalue weighted by Gasteiger charge is -2.14. The molecule has 35 nitrogen and oxygen atoms in total. The molecule has 0 fully saturated rings. The van der Waals surface area contributed by atoms with E-state index in [1.54, 1.807) is 30.3 Å². The van der Waals surface area contributed by atoms with E-state index < -0.39 is 122 Å². The first kappa shape index (κ1) is 70.2. The Kier molecular flexibility index (Phi) is 19.5. The predicted molar refractivity (Wildman–Crippen MR) is 349 cm³/mol. The maximum absolute atomic E-state index is 13.6. The smallest absolute Gasteiger partial charge is 0.338 e. The molecule has 2 amide bonds. The highest BCUT2D eigenvalue weighted by atomic mass is 32.2. The number of hydrazone groups is 2. The van der Waals surface area contributed by atoms with E-state index in [2.05, 4.69) is 60.6 Å². The molecular formula is C59H46N14O21S5. The Morgan fingerprint density at radius 1 is 0.424 bits per heavy atom. The molecule has 2 aliphatic rings. The van der Waals surface area contributed by atoms with Crippen LogP contribution >= 0.6 is 0 Å². The SMILES string of the molecule is CC1=NN(c2ccc(/C=C/c3ccc(N=c4[nH]c(=Nc5ccccc5)[nH]c(=Nc5ccc(/C=C/c6ccc(N7N=C(C)C(N=Nc8ccc(S(=O)(=O)O)cc8C(=O)O)C7=O)cc6S(=O)(=O)O)c(S(=O)(=O)O)c5)[nH]4)cc3S(=O)(=O)O)c(S(=O)(=O)O)c2)C(=O)C1N=Nc1ccccc1C(=O)O. The van der Waals surface area contributed by atoms with Crippen molar-refractivity contribution >= 4 is 150 Å². The highest BCUT2D eigenvalue weighted by Crippen LogP contribution is 2.34. The van der Waals surface area contributed by atoms with Gasteiger partial charge in [0, 0.05) is 0 Å². The Hall–Kier alpha value is -11.6. The van der Waals surface area contributed by atoms with Crippen molar-refractivity contribution in [2.24, 2.45) is 45.6 Å². The summed E-state index contributed by atoms with van der Waals surface area (Å²) in [6, 6.07) is 26.5. The minimum Gasteiger partial charge on any atom is -0.478 e. The van der Waals surface area contributed by atoms with Crippen LogP contribution in [0.3, 0.4) is 0 Å².